The Kier molecular flexibility index (Phi) is 6.39. The number of hydrogen-bond acceptors (Lipinski definition) is 6. The molecule has 0 bridgehead atoms. The van der Waals surface area contributed by atoms with Gasteiger partial charge in [-0.3, -0.25) is 0 Å². The first-order valence-electron chi connectivity index (χ1n) is 7.71. The number of benzene rings is 2. The van der Waals surface area contributed by atoms with Gasteiger partial charge < -0.3 is 18.9 Å². The van der Waals surface area contributed by atoms with Gasteiger partial charge in [0.05, 0.1) is 14.2 Å². The first-order chi connectivity index (χ1) is 12.1. The molecule has 0 N–H and O–H groups in total. The Bertz CT molecular complexity index is 740. The van der Waals surface area contributed by atoms with Crippen molar-refractivity contribution in [1.29, 1.82) is 0 Å². The normalized spacial score (nSPS) is 11.3. The fourth-order valence-electron chi connectivity index (χ4n) is 2.18. The predicted molar refractivity (Wildman–Crippen MR) is 91.1 cm³/mol. The molecule has 2 aromatic carbocycles. The van der Waals surface area contributed by atoms with Gasteiger partial charge in [0.1, 0.15) is 35.3 Å². The average Bonchev–Trinajstić information content (AvgIpc) is 2.65. The fourth-order valence-corrected chi connectivity index (χ4v) is 2.18. The van der Waals surface area contributed by atoms with E-state index >= 15 is 0 Å². The Balaban J connectivity index is 1.93. The zero-order valence-electron chi connectivity index (χ0n) is 14.4. The van der Waals surface area contributed by atoms with Crippen molar-refractivity contribution in [2.24, 2.45) is 0 Å². The summed E-state index contributed by atoms with van der Waals surface area (Å²) < 4.78 is 20.7. The number of carbonyl (C=O) groups excluding carboxylic acids is 2. The highest BCUT2D eigenvalue weighted by Crippen LogP contribution is 2.20. The van der Waals surface area contributed by atoms with Gasteiger partial charge in [-0.1, -0.05) is 24.3 Å². The predicted octanol–water partition coefficient (Wildman–Crippen LogP) is 3.11. The third kappa shape index (κ3) is 4.73. The van der Waals surface area contributed by atoms with Gasteiger partial charge in [0.25, 0.3) is 0 Å². The van der Waals surface area contributed by atoms with Gasteiger partial charge >= 0.3 is 11.9 Å². The van der Waals surface area contributed by atoms with E-state index < -0.39 is 18.0 Å². The smallest absolute Gasteiger partial charge is 0.342 e. The van der Waals surface area contributed by atoms with Gasteiger partial charge in [-0.25, -0.2) is 9.59 Å². The standard InChI is InChI=1S/C19H20O6/c1-13(25-19(21)15-9-5-7-11-17(15)23-3)12-24-18(20)14-8-4-6-10-16(14)22-2/h4-11,13H,12H2,1-3H3. The van der Waals surface area contributed by atoms with Crippen LogP contribution in [0.3, 0.4) is 0 Å². The van der Waals surface area contributed by atoms with Crippen LogP contribution in [-0.2, 0) is 9.47 Å². The molecule has 1 atom stereocenters. The lowest BCUT2D eigenvalue weighted by Crippen LogP contribution is -2.23. The van der Waals surface area contributed by atoms with E-state index in [4.69, 9.17) is 18.9 Å². The van der Waals surface area contributed by atoms with Crippen LogP contribution >= 0.6 is 0 Å². The summed E-state index contributed by atoms with van der Waals surface area (Å²) in [4.78, 5) is 24.3. The molecule has 0 aliphatic heterocycles. The van der Waals surface area contributed by atoms with Gasteiger partial charge in [-0.2, -0.15) is 0 Å². The lowest BCUT2D eigenvalue weighted by molar-refractivity contribution is 0.00413. The van der Waals surface area contributed by atoms with Crippen molar-refractivity contribution in [3.63, 3.8) is 0 Å². The van der Waals surface area contributed by atoms with Crippen molar-refractivity contribution in [3.05, 3.63) is 59.7 Å². The molecule has 0 aliphatic rings. The number of rotatable bonds is 7. The van der Waals surface area contributed by atoms with Crippen LogP contribution in [0.4, 0.5) is 0 Å². The van der Waals surface area contributed by atoms with Gasteiger partial charge in [-0.15, -0.1) is 0 Å². The lowest BCUT2D eigenvalue weighted by atomic mass is 10.2. The summed E-state index contributed by atoms with van der Waals surface area (Å²) in [6, 6.07) is 13.5. The molecular formula is C19H20O6. The van der Waals surface area contributed by atoms with Gasteiger partial charge in [-0.05, 0) is 31.2 Å². The minimum absolute atomic E-state index is 0.0717. The molecule has 25 heavy (non-hydrogen) atoms. The molecule has 0 amide bonds. The summed E-state index contributed by atoms with van der Waals surface area (Å²) in [5, 5.41) is 0. The maximum Gasteiger partial charge on any atom is 0.342 e. The van der Waals surface area contributed by atoms with Crippen molar-refractivity contribution in [1.82, 2.24) is 0 Å². The molecule has 6 heteroatoms. The molecule has 6 nitrogen and oxygen atoms in total. The third-order valence-electron chi connectivity index (χ3n) is 3.41. The monoisotopic (exact) mass is 344 g/mol. The number of carbonyl (C=O) groups is 2. The summed E-state index contributed by atoms with van der Waals surface area (Å²) in [6.07, 6.45) is -0.615. The zero-order valence-corrected chi connectivity index (χ0v) is 14.4. The molecule has 2 rings (SSSR count). The van der Waals surface area contributed by atoms with Crippen molar-refractivity contribution in [3.8, 4) is 11.5 Å². The second-order valence-corrected chi connectivity index (χ2v) is 5.21. The highest BCUT2D eigenvalue weighted by atomic mass is 16.6. The Morgan fingerprint density at radius 2 is 1.32 bits per heavy atom. The van der Waals surface area contributed by atoms with Crippen LogP contribution < -0.4 is 9.47 Å². The van der Waals surface area contributed by atoms with Crippen LogP contribution in [0.2, 0.25) is 0 Å². The summed E-state index contributed by atoms with van der Waals surface area (Å²) in [5.74, 6) is -0.243. The number of para-hydroxylation sites is 2. The molecule has 0 saturated carbocycles. The molecule has 0 radical (unpaired) electrons. The van der Waals surface area contributed by atoms with E-state index in [1.807, 2.05) is 0 Å². The Labute approximate surface area is 146 Å². The molecule has 0 aliphatic carbocycles. The highest BCUT2D eigenvalue weighted by molar-refractivity contribution is 5.93. The largest absolute Gasteiger partial charge is 0.496 e. The maximum absolute atomic E-state index is 12.2. The molecule has 1 unspecified atom stereocenters. The van der Waals surface area contributed by atoms with Gasteiger partial charge in [0, 0.05) is 0 Å². The number of hydrogen-bond donors (Lipinski definition) is 0. The van der Waals surface area contributed by atoms with E-state index in [1.165, 1.54) is 14.2 Å². The van der Waals surface area contributed by atoms with E-state index in [0.717, 1.165) is 0 Å². The van der Waals surface area contributed by atoms with Crippen LogP contribution in [-0.4, -0.2) is 38.9 Å². The topological polar surface area (TPSA) is 71.1 Å². The molecule has 0 saturated heterocycles. The lowest BCUT2D eigenvalue weighted by Gasteiger charge is -2.15. The first-order valence-corrected chi connectivity index (χ1v) is 7.71. The third-order valence-corrected chi connectivity index (χ3v) is 3.41. The molecule has 0 spiro atoms. The van der Waals surface area contributed by atoms with Gasteiger partial charge in [0.15, 0.2) is 0 Å². The summed E-state index contributed by atoms with van der Waals surface area (Å²) in [5.41, 5.74) is 0.626. The summed E-state index contributed by atoms with van der Waals surface area (Å²) in [6.45, 7) is 1.57. The Morgan fingerprint density at radius 1 is 0.840 bits per heavy atom. The van der Waals surface area contributed by atoms with Gasteiger partial charge in [0.2, 0.25) is 0 Å². The zero-order chi connectivity index (χ0) is 18.2. The molecule has 0 fully saturated rings. The minimum atomic E-state index is -0.615. The second-order valence-electron chi connectivity index (χ2n) is 5.21. The highest BCUT2D eigenvalue weighted by Gasteiger charge is 2.19. The van der Waals surface area contributed by atoms with E-state index in [9.17, 15) is 9.59 Å². The van der Waals surface area contributed by atoms with E-state index in [1.54, 1.807) is 55.5 Å². The van der Waals surface area contributed by atoms with Crippen LogP contribution in [0.5, 0.6) is 11.5 Å². The first kappa shape index (κ1) is 18.3. The second kappa shape index (κ2) is 8.73. The molecule has 0 aromatic heterocycles. The molecule has 132 valence electrons. The Morgan fingerprint density at radius 3 is 1.84 bits per heavy atom. The summed E-state index contributed by atoms with van der Waals surface area (Å²) >= 11 is 0. The molecule has 0 heterocycles. The SMILES string of the molecule is COc1ccccc1C(=O)OCC(C)OC(=O)c1ccccc1OC. The molecule has 2 aromatic rings. The number of ether oxygens (including phenoxy) is 4. The number of methoxy groups -OCH3 is 2. The fraction of sp³-hybridized carbons (Fsp3) is 0.263. The van der Waals surface area contributed by atoms with Crippen molar-refractivity contribution in [2.75, 3.05) is 20.8 Å². The maximum atomic E-state index is 12.2. The van der Waals surface area contributed by atoms with Crippen molar-refractivity contribution < 1.29 is 28.5 Å². The number of esters is 2. The van der Waals surface area contributed by atoms with Crippen LogP contribution in [0.25, 0.3) is 0 Å². The van der Waals surface area contributed by atoms with Crippen LogP contribution in [0, 0.1) is 0 Å². The van der Waals surface area contributed by atoms with Crippen LogP contribution in [0.15, 0.2) is 48.5 Å². The molecular weight excluding hydrogens is 324 g/mol. The quantitative estimate of drug-likeness (QED) is 0.719. The van der Waals surface area contributed by atoms with Crippen molar-refractivity contribution >= 4 is 11.9 Å². The van der Waals surface area contributed by atoms with Crippen molar-refractivity contribution in [2.45, 2.75) is 13.0 Å². The minimum Gasteiger partial charge on any atom is -0.496 e. The van der Waals surface area contributed by atoms with E-state index in [-0.39, 0.29) is 6.61 Å². The Hall–Kier alpha value is -3.02. The van der Waals surface area contributed by atoms with Crippen LogP contribution in [0.1, 0.15) is 27.6 Å². The van der Waals surface area contributed by atoms with E-state index in [2.05, 4.69) is 0 Å². The average molecular weight is 344 g/mol. The van der Waals surface area contributed by atoms with E-state index in [0.29, 0.717) is 22.6 Å². The summed E-state index contributed by atoms with van der Waals surface area (Å²) in [7, 11) is 2.95.